The van der Waals surface area contributed by atoms with Crippen molar-refractivity contribution in [2.24, 2.45) is 0 Å². The Balaban J connectivity index is 1.83. The average molecular weight is 572 g/mol. The van der Waals surface area contributed by atoms with Gasteiger partial charge in [0.2, 0.25) is 0 Å². The lowest BCUT2D eigenvalue weighted by Crippen LogP contribution is -2.51. The van der Waals surface area contributed by atoms with Gasteiger partial charge in [0, 0.05) is 22.4 Å². The third kappa shape index (κ3) is 4.85. The number of ether oxygens (including phenoxy) is 3. The number of carbonyl (C=O) groups is 3. The van der Waals surface area contributed by atoms with Crippen LogP contribution in [0.25, 0.3) is 5.57 Å². The summed E-state index contributed by atoms with van der Waals surface area (Å²) >= 11 is 0. The van der Waals surface area contributed by atoms with Crippen molar-refractivity contribution in [2.75, 3.05) is 25.7 Å². The number of methoxy groups -OCH3 is 2. The van der Waals surface area contributed by atoms with Crippen LogP contribution in [0, 0.1) is 0 Å². The van der Waals surface area contributed by atoms with E-state index in [0.29, 0.717) is 41.8 Å². The van der Waals surface area contributed by atoms with Gasteiger partial charge in [-0.3, -0.25) is 4.79 Å². The summed E-state index contributed by atoms with van der Waals surface area (Å²) in [7, 11) is 2.94. The Morgan fingerprint density at radius 1 is 1.00 bits per heavy atom. The first-order valence-electron chi connectivity index (χ1n) is 13.9. The number of hydrogen-bond acceptors (Lipinski definition) is 7. The van der Waals surface area contributed by atoms with E-state index in [1.807, 2.05) is 25.1 Å². The van der Waals surface area contributed by atoms with Crippen molar-refractivity contribution in [3.63, 3.8) is 0 Å². The van der Waals surface area contributed by atoms with Crippen LogP contribution < -0.4 is 14.4 Å². The molecule has 3 aromatic carbocycles. The molecule has 0 aromatic heterocycles. The van der Waals surface area contributed by atoms with Crippen molar-refractivity contribution >= 4 is 29.2 Å². The van der Waals surface area contributed by atoms with Gasteiger partial charge in [-0.2, -0.15) is 0 Å². The average Bonchev–Trinajstić information content (AvgIpc) is 3.24. The maximum Gasteiger partial charge on any atom is 0.337 e. The van der Waals surface area contributed by atoms with E-state index in [9.17, 15) is 24.6 Å². The largest absolute Gasteiger partial charge is 0.496 e. The third-order valence-corrected chi connectivity index (χ3v) is 7.99. The zero-order valence-corrected chi connectivity index (χ0v) is 23.8. The number of aromatic carboxylic acids is 1. The molecule has 1 aliphatic carbocycles. The molecule has 3 aromatic rings. The second kappa shape index (κ2) is 11.6. The molecule has 5 rings (SSSR count). The first kappa shape index (κ1) is 28.7. The number of esters is 1. The molecule has 0 radical (unpaired) electrons. The molecule has 0 spiro atoms. The Labute approximate surface area is 243 Å². The quantitative estimate of drug-likeness (QED) is 0.301. The highest BCUT2D eigenvalue weighted by Crippen LogP contribution is 2.56. The molecule has 1 heterocycles. The number of hydrogen-bond donors (Lipinski definition) is 2. The number of carboxylic acids is 2. The zero-order valence-electron chi connectivity index (χ0n) is 23.8. The summed E-state index contributed by atoms with van der Waals surface area (Å²) in [5.74, 6) is -1.55. The normalized spacial score (nSPS) is 18.9. The van der Waals surface area contributed by atoms with Gasteiger partial charge in [0.15, 0.2) is 5.60 Å². The lowest BCUT2D eigenvalue weighted by molar-refractivity contribution is -0.135. The van der Waals surface area contributed by atoms with Gasteiger partial charge in [-0.05, 0) is 61.2 Å². The van der Waals surface area contributed by atoms with Gasteiger partial charge in [0.1, 0.15) is 18.0 Å². The number of carboxylic acid groups (broad SMARTS) is 2. The minimum absolute atomic E-state index is 0.0440. The van der Waals surface area contributed by atoms with E-state index in [1.165, 1.54) is 19.2 Å². The summed E-state index contributed by atoms with van der Waals surface area (Å²) in [6.07, 6.45) is 4.80. The summed E-state index contributed by atoms with van der Waals surface area (Å²) in [6.45, 7) is 1.66. The van der Waals surface area contributed by atoms with Crippen LogP contribution in [0.5, 0.6) is 11.5 Å². The van der Waals surface area contributed by atoms with E-state index in [2.05, 4.69) is 6.08 Å². The van der Waals surface area contributed by atoms with Crippen LogP contribution in [-0.2, 0) is 21.6 Å². The van der Waals surface area contributed by atoms with E-state index in [0.717, 1.165) is 28.9 Å². The topological polar surface area (TPSA) is 123 Å². The summed E-state index contributed by atoms with van der Waals surface area (Å²) in [5, 5.41) is 19.8. The van der Waals surface area contributed by atoms with Gasteiger partial charge in [-0.25, -0.2) is 9.59 Å². The van der Waals surface area contributed by atoms with E-state index in [-0.39, 0.29) is 12.1 Å². The van der Waals surface area contributed by atoms with Gasteiger partial charge < -0.3 is 29.3 Å². The molecular weight excluding hydrogens is 538 g/mol. The first-order chi connectivity index (χ1) is 20.2. The zero-order chi connectivity index (χ0) is 30.0. The molecule has 1 aliphatic heterocycles. The van der Waals surface area contributed by atoms with Crippen LogP contribution in [0.3, 0.4) is 0 Å². The van der Waals surface area contributed by atoms with E-state index < -0.39 is 29.6 Å². The second-order valence-electron chi connectivity index (χ2n) is 10.4. The molecule has 0 bridgehead atoms. The number of aliphatic carboxylic acids is 1. The molecule has 42 heavy (non-hydrogen) atoms. The van der Waals surface area contributed by atoms with Crippen LogP contribution in [-0.4, -0.2) is 54.9 Å². The van der Waals surface area contributed by atoms with Crippen LogP contribution in [0.4, 0.5) is 5.69 Å². The van der Waals surface area contributed by atoms with Crippen molar-refractivity contribution < 1.29 is 38.8 Å². The van der Waals surface area contributed by atoms with Gasteiger partial charge in [0.25, 0.3) is 0 Å². The Bertz CT molecular complexity index is 1580. The number of nitrogens with zero attached hydrogens (tertiary/aromatic N) is 1. The fourth-order valence-electron chi connectivity index (χ4n) is 6.34. The summed E-state index contributed by atoms with van der Waals surface area (Å²) in [5.41, 5.74) is 2.99. The molecule has 9 heteroatoms. The van der Waals surface area contributed by atoms with E-state index in [4.69, 9.17) is 14.2 Å². The molecule has 218 valence electrons. The maximum atomic E-state index is 12.4. The summed E-state index contributed by atoms with van der Waals surface area (Å²) in [4.78, 5) is 38.4. The number of carbonyl (C=O) groups excluding carboxylic acids is 1. The minimum atomic E-state index is -1.26. The molecular formula is C33H33NO8. The molecule has 2 N–H and O–H groups in total. The molecule has 0 saturated heterocycles. The lowest BCUT2D eigenvalue weighted by atomic mass is 9.73. The number of fused-ring (bicyclic) bond motifs is 2. The Morgan fingerprint density at radius 3 is 2.48 bits per heavy atom. The van der Waals surface area contributed by atoms with Crippen LogP contribution in [0.15, 0.2) is 66.7 Å². The fraction of sp³-hybridized carbons (Fsp3) is 0.303. The van der Waals surface area contributed by atoms with Crippen molar-refractivity contribution in [3.05, 3.63) is 94.6 Å². The van der Waals surface area contributed by atoms with E-state index >= 15 is 0 Å². The summed E-state index contributed by atoms with van der Waals surface area (Å²) < 4.78 is 17.7. The van der Waals surface area contributed by atoms with Crippen molar-refractivity contribution in [1.29, 1.82) is 0 Å². The molecule has 0 amide bonds. The molecule has 0 saturated carbocycles. The molecule has 2 atom stereocenters. The van der Waals surface area contributed by atoms with Gasteiger partial charge in [-0.15, -0.1) is 0 Å². The number of anilines is 1. The highest BCUT2D eigenvalue weighted by molar-refractivity contribution is 5.93. The van der Waals surface area contributed by atoms with Crippen molar-refractivity contribution in [1.82, 2.24) is 0 Å². The lowest BCUT2D eigenvalue weighted by Gasteiger charge is -2.42. The smallest absolute Gasteiger partial charge is 0.337 e. The Hall–Kier alpha value is -4.79. The molecule has 0 fully saturated rings. The number of rotatable bonds is 10. The number of benzene rings is 3. The Morgan fingerprint density at radius 2 is 1.79 bits per heavy atom. The fourth-order valence-corrected chi connectivity index (χ4v) is 6.34. The highest BCUT2D eigenvalue weighted by atomic mass is 16.5. The van der Waals surface area contributed by atoms with Gasteiger partial charge in [0.05, 0.1) is 31.4 Å². The number of allylic oxidation sites excluding steroid dienone is 1. The van der Waals surface area contributed by atoms with Crippen molar-refractivity contribution in [2.45, 2.75) is 44.2 Å². The van der Waals surface area contributed by atoms with E-state index in [1.54, 1.807) is 42.3 Å². The SMILES string of the molecule is CCCC1N(CC(=O)O)c2cc(C(=O)O)ccc2C1(Oc1cccc(C(=O)OC)c1)C1=CCCc2c(OC)cccc21. The first-order valence-corrected chi connectivity index (χ1v) is 13.9. The predicted molar refractivity (Wildman–Crippen MR) is 156 cm³/mol. The van der Waals surface area contributed by atoms with Crippen LogP contribution in [0.1, 0.15) is 63.6 Å². The van der Waals surface area contributed by atoms with Gasteiger partial charge in [-0.1, -0.05) is 43.7 Å². The summed E-state index contributed by atoms with van der Waals surface area (Å²) in [6, 6.07) is 16.8. The molecule has 2 aliphatic rings. The third-order valence-electron chi connectivity index (χ3n) is 7.99. The Kier molecular flexibility index (Phi) is 7.93. The highest BCUT2D eigenvalue weighted by Gasteiger charge is 2.56. The maximum absolute atomic E-state index is 12.4. The molecule has 2 unspecified atom stereocenters. The standard InChI is InChI=1S/C33H33NO8/c1-4-8-29-33(42-22-10-5-9-21(17-22)32(39)41-3,25-13-6-12-24-23(25)11-7-14-28(24)40-2)26-16-15-20(31(37)38)18-27(26)34(29)19-30(35)36/h5,7,9-11,13-18,29H,4,6,8,12,19H2,1-3H3,(H,35,36)(H,37,38). The minimum Gasteiger partial charge on any atom is -0.496 e. The monoisotopic (exact) mass is 571 g/mol. The van der Waals surface area contributed by atoms with Crippen molar-refractivity contribution in [3.8, 4) is 11.5 Å². The van der Waals surface area contributed by atoms with Crippen LogP contribution >= 0.6 is 0 Å². The predicted octanol–water partition coefficient (Wildman–Crippen LogP) is 5.56. The molecule has 9 nitrogen and oxygen atoms in total. The van der Waals surface area contributed by atoms with Crippen LogP contribution in [0.2, 0.25) is 0 Å². The second-order valence-corrected chi connectivity index (χ2v) is 10.4. The van der Waals surface area contributed by atoms with Gasteiger partial charge >= 0.3 is 17.9 Å².